The molecule has 0 aromatic heterocycles. The van der Waals surface area contributed by atoms with E-state index in [0.717, 1.165) is 22.3 Å². The Labute approximate surface area is 169 Å². The number of carbonyl (C=O) groups excluding carboxylic acids is 1. The first-order chi connectivity index (χ1) is 13.9. The Morgan fingerprint density at radius 2 is 2.14 bits per heavy atom. The summed E-state index contributed by atoms with van der Waals surface area (Å²) in [5, 5.41) is 5.18. The molecule has 29 heavy (non-hydrogen) atoms. The molecule has 6 heteroatoms. The fourth-order valence-corrected chi connectivity index (χ4v) is 4.50. The molecule has 1 aromatic rings. The van der Waals surface area contributed by atoms with E-state index in [2.05, 4.69) is 16.8 Å². The van der Waals surface area contributed by atoms with Crippen molar-refractivity contribution in [1.82, 2.24) is 20.7 Å². The molecular formula is C23H23FN4O. The number of hydrogen-bond acceptors (Lipinski definition) is 4. The van der Waals surface area contributed by atoms with Crippen molar-refractivity contribution in [3.8, 4) is 0 Å². The van der Waals surface area contributed by atoms with Crippen molar-refractivity contribution < 1.29 is 9.18 Å². The maximum absolute atomic E-state index is 15.0. The molecule has 1 amide bonds. The Hall–Kier alpha value is -3.12. The largest absolute Gasteiger partial charge is 0.380 e. The SMILES string of the molecule is CN1C=C2C(c3ccc(CN4CC5(C)NC=CC=C5C4=O)c(F)c3)=CC=CC2N1. The van der Waals surface area contributed by atoms with Crippen LogP contribution in [0.25, 0.3) is 5.57 Å². The molecule has 1 saturated heterocycles. The van der Waals surface area contributed by atoms with E-state index < -0.39 is 5.54 Å². The van der Waals surface area contributed by atoms with E-state index >= 15 is 4.39 Å². The second-order valence-corrected chi connectivity index (χ2v) is 8.15. The number of hydrazine groups is 1. The summed E-state index contributed by atoms with van der Waals surface area (Å²) in [6.07, 6.45) is 13.6. The molecule has 5 rings (SSSR count). The lowest BCUT2D eigenvalue weighted by molar-refractivity contribution is -0.125. The van der Waals surface area contributed by atoms with Crippen LogP contribution in [0, 0.1) is 5.82 Å². The number of carbonyl (C=O) groups is 1. The fraction of sp³-hybridized carbons (Fsp3) is 0.261. The fourth-order valence-electron chi connectivity index (χ4n) is 4.50. The zero-order chi connectivity index (χ0) is 20.2. The quantitative estimate of drug-likeness (QED) is 0.833. The van der Waals surface area contributed by atoms with Crippen LogP contribution in [0.5, 0.6) is 0 Å². The summed E-state index contributed by atoms with van der Waals surface area (Å²) in [6.45, 7) is 2.78. The topological polar surface area (TPSA) is 47.6 Å². The van der Waals surface area contributed by atoms with Crippen LogP contribution in [-0.4, -0.2) is 41.0 Å². The molecular weight excluding hydrogens is 367 g/mol. The molecule has 2 unspecified atom stereocenters. The van der Waals surface area contributed by atoms with Gasteiger partial charge in [-0.1, -0.05) is 30.4 Å². The van der Waals surface area contributed by atoms with Crippen molar-refractivity contribution in [2.75, 3.05) is 13.6 Å². The van der Waals surface area contributed by atoms with Gasteiger partial charge in [0.2, 0.25) is 0 Å². The minimum Gasteiger partial charge on any atom is -0.380 e. The summed E-state index contributed by atoms with van der Waals surface area (Å²) < 4.78 is 15.0. The second-order valence-electron chi connectivity index (χ2n) is 8.15. The zero-order valence-electron chi connectivity index (χ0n) is 16.4. The predicted octanol–water partition coefficient (Wildman–Crippen LogP) is 2.63. The Bertz CT molecular complexity index is 1050. The number of allylic oxidation sites excluding steroid dienone is 4. The first kappa shape index (κ1) is 17.9. The summed E-state index contributed by atoms with van der Waals surface area (Å²) in [5.74, 6) is -0.330. The molecule has 0 spiro atoms. The molecule has 2 N–H and O–H groups in total. The average molecular weight is 390 g/mol. The van der Waals surface area contributed by atoms with Crippen LogP contribution >= 0.6 is 0 Å². The molecule has 5 nitrogen and oxygen atoms in total. The van der Waals surface area contributed by atoms with Crippen LogP contribution in [0.2, 0.25) is 0 Å². The lowest BCUT2D eigenvalue weighted by Gasteiger charge is -2.27. The third-order valence-corrected chi connectivity index (χ3v) is 5.99. The summed E-state index contributed by atoms with van der Waals surface area (Å²) in [7, 11) is 1.95. The van der Waals surface area contributed by atoms with E-state index in [1.165, 1.54) is 0 Å². The van der Waals surface area contributed by atoms with Crippen LogP contribution in [-0.2, 0) is 11.3 Å². The number of nitrogens with zero attached hydrogens (tertiary/aromatic N) is 2. The number of halogens is 1. The van der Waals surface area contributed by atoms with Gasteiger partial charge in [-0.15, -0.1) is 0 Å². The van der Waals surface area contributed by atoms with E-state index in [-0.39, 0.29) is 24.3 Å². The Kier molecular flexibility index (Phi) is 3.99. The van der Waals surface area contributed by atoms with Gasteiger partial charge in [0.05, 0.1) is 11.6 Å². The molecule has 1 fully saturated rings. The van der Waals surface area contributed by atoms with Crippen LogP contribution in [0.4, 0.5) is 4.39 Å². The average Bonchev–Trinajstić information content (AvgIpc) is 3.19. The number of fused-ring (bicyclic) bond motifs is 2. The summed E-state index contributed by atoms with van der Waals surface area (Å²) in [5.41, 5.74) is 7.14. The highest BCUT2D eigenvalue weighted by Gasteiger charge is 2.44. The van der Waals surface area contributed by atoms with Gasteiger partial charge in [0, 0.05) is 37.5 Å². The van der Waals surface area contributed by atoms with Gasteiger partial charge in [-0.2, -0.15) is 0 Å². The molecule has 1 aliphatic carbocycles. The molecule has 4 aliphatic rings. The van der Waals surface area contributed by atoms with Gasteiger partial charge in [0.25, 0.3) is 5.91 Å². The number of nitrogens with one attached hydrogen (secondary N) is 2. The Morgan fingerprint density at radius 1 is 1.28 bits per heavy atom. The van der Waals surface area contributed by atoms with Gasteiger partial charge < -0.3 is 15.2 Å². The number of hydrogen-bond donors (Lipinski definition) is 2. The molecule has 1 aromatic carbocycles. The van der Waals surface area contributed by atoms with Gasteiger partial charge in [0.15, 0.2) is 0 Å². The van der Waals surface area contributed by atoms with Crippen molar-refractivity contribution in [2.24, 2.45) is 0 Å². The highest BCUT2D eigenvalue weighted by molar-refractivity contribution is 5.99. The molecule has 148 valence electrons. The smallest absolute Gasteiger partial charge is 0.252 e. The minimum atomic E-state index is -0.412. The van der Waals surface area contributed by atoms with E-state index in [4.69, 9.17) is 0 Å². The van der Waals surface area contributed by atoms with Crippen LogP contribution in [0.15, 0.2) is 72.1 Å². The third kappa shape index (κ3) is 2.91. The summed E-state index contributed by atoms with van der Waals surface area (Å²) in [6, 6.07) is 5.42. The number of rotatable bonds is 3. The molecule has 3 heterocycles. The Morgan fingerprint density at radius 3 is 2.93 bits per heavy atom. The van der Waals surface area contributed by atoms with Gasteiger partial charge in [-0.3, -0.25) is 4.79 Å². The maximum Gasteiger partial charge on any atom is 0.252 e. The van der Waals surface area contributed by atoms with E-state index in [0.29, 0.717) is 12.1 Å². The van der Waals surface area contributed by atoms with Gasteiger partial charge >= 0.3 is 0 Å². The summed E-state index contributed by atoms with van der Waals surface area (Å²) >= 11 is 0. The van der Waals surface area contributed by atoms with Crippen LogP contribution in [0.3, 0.4) is 0 Å². The van der Waals surface area contributed by atoms with E-state index in [9.17, 15) is 4.79 Å². The molecule has 3 aliphatic heterocycles. The molecule has 0 bridgehead atoms. The van der Waals surface area contributed by atoms with Crippen LogP contribution < -0.4 is 10.7 Å². The Balaban J connectivity index is 1.39. The van der Waals surface area contributed by atoms with E-state index in [1.807, 2.05) is 61.8 Å². The highest BCUT2D eigenvalue weighted by atomic mass is 19.1. The molecule has 0 radical (unpaired) electrons. The van der Waals surface area contributed by atoms with Gasteiger partial charge in [-0.05, 0) is 48.1 Å². The minimum absolute atomic E-state index is 0.0407. The number of dihydropyridines is 1. The number of benzene rings is 1. The molecule has 2 atom stereocenters. The molecule has 0 saturated carbocycles. The summed E-state index contributed by atoms with van der Waals surface area (Å²) in [4.78, 5) is 14.5. The number of amides is 1. The van der Waals surface area contributed by atoms with Crippen molar-refractivity contribution in [3.63, 3.8) is 0 Å². The first-order valence-corrected chi connectivity index (χ1v) is 9.77. The van der Waals surface area contributed by atoms with E-state index in [1.54, 1.807) is 17.0 Å². The zero-order valence-corrected chi connectivity index (χ0v) is 16.4. The van der Waals surface area contributed by atoms with Crippen molar-refractivity contribution in [1.29, 1.82) is 0 Å². The lowest BCUT2D eigenvalue weighted by Crippen LogP contribution is -2.43. The monoisotopic (exact) mass is 390 g/mol. The number of likely N-dealkylation sites (tertiary alicyclic amines) is 1. The normalized spacial score (nSPS) is 27.3. The van der Waals surface area contributed by atoms with Gasteiger partial charge in [0.1, 0.15) is 5.82 Å². The van der Waals surface area contributed by atoms with Gasteiger partial charge in [-0.25, -0.2) is 9.82 Å². The maximum atomic E-state index is 15.0. The first-order valence-electron chi connectivity index (χ1n) is 9.77. The third-order valence-electron chi connectivity index (χ3n) is 5.99. The van der Waals surface area contributed by atoms with Crippen molar-refractivity contribution in [3.05, 3.63) is 89.1 Å². The lowest BCUT2D eigenvalue weighted by atomic mass is 9.90. The second kappa shape index (κ2) is 6.46. The van der Waals surface area contributed by atoms with Crippen molar-refractivity contribution in [2.45, 2.75) is 25.0 Å². The standard InChI is InChI=1S/C23H23FN4O/c1-23-14-28(22(29)19(23)6-4-10-25-23)12-16-9-8-15(11-20(16)24)17-5-3-7-21-18(17)13-27(2)26-21/h3-11,13,21,25-26H,12,14H2,1-2H3. The predicted molar refractivity (Wildman–Crippen MR) is 110 cm³/mol. The highest BCUT2D eigenvalue weighted by Crippen LogP contribution is 2.34. The van der Waals surface area contributed by atoms with Crippen LogP contribution in [0.1, 0.15) is 18.1 Å². The van der Waals surface area contributed by atoms with Crippen molar-refractivity contribution >= 4 is 11.5 Å².